The van der Waals surface area contributed by atoms with Crippen LogP contribution in [0.25, 0.3) is 0 Å². The van der Waals surface area contributed by atoms with Gasteiger partial charge in [-0.15, -0.1) is 0 Å². The lowest BCUT2D eigenvalue weighted by Gasteiger charge is -2.26. The molecule has 1 fully saturated rings. The van der Waals surface area contributed by atoms with Gasteiger partial charge < -0.3 is 4.74 Å². The number of methoxy groups -OCH3 is 1. The molecule has 0 heterocycles. The molecule has 0 radical (unpaired) electrons. The highest BCUT2D eigenvalue weighted by molar-refractivity contribution is 7.90. The van der Waals surface area contributed by atoms with Gasteiger partial charge in [-0.1, -0.05) is 35.4 Å². The maximum absolute atomic E-state index is 12.8. The van der Waals surface area contributed by atoms with E-state index in [1.54, 1.807) is 24.3 Å². The average molecular weight is 453 g/mol. The SMILES string of the molecule is COC(=O)C(NS(=O)(=O)c1ccc(C)cc1)C1(NS(=O)(=O)c2ccc(C)cc2)CC1. The van der Waals surface area contributed by atoms with Gasteiger partial charge >= 0.3 is 5.97 Å². The molecule has 2 N–H and O–H groups in total. The van der Waals surface area contributed by atoms with Crippen LogP contribution in [0, 0.1) is 13.8 Å². The second-order valence-corrected chi connectivity index (χ2v) is 10.9. The molecule has 0 amide bonds. The van der Waals surface area contributed by atoms with Gasteiger partial charge in [0.2, 0.25) is 20.0 Å². The summed E-state index contributed by atoms with van der Waals surface area (Å²) in [6.45, 7) is 3.65. The van der Waals surface area contributed by atoms with Gasteiger partial charge in [0, 0.05) is 0 Å². The van der Waals surface area contributed by atoms with Gasteiger partial charge in [-0.25, -0.2) is 21.6 Å². The quantitative estimate of drug-likeness (QED) is 0.588. The number of carbonyl (C=O) groups excluding carboxylic acids is 1. The van der Waals surface area contributed by atoms with E-state index < -0.39 is 37.6 Å². The fourth-order valence-corrected chi connectivity index (χ4v) is 5.81. The first-order valence-corrected chi connectivity index (χ1v) is 12.2. The molecule has 2 aromatic carbocycles. The van der Waals surface area contributed by atoms with Crippen molar-refractivity contribution in [2.24, 2.45) is 0 Å². The van der Waals surface area contributed by atoms with Gasteiger partial charge in [0.25, 0.3) is 0 Å². The summed E-state index contributed by atoms with van der Waals surface area (Å²) in [6, 6.07) is 10.9. The van der Waals surface area contributed by atoms with Gasteiger partial charge in [-0.3, -0.25) is 4.79 Å². The van der Waals surface area contributed by atoms with Crippen LogP contribution in [-0.2, 0) is 29.6 Å². The lowest BCUT2D eigenvalue weighted by molar-refractivity contribution is -0.143. The molecule has 1 unspecified atom stereocenters. The van der Waals surface area contributed by atoms with Crippen molar-refractivity contribution in [3.05, 3.63) is 59.7 Å². The first-order valence-electron chi connectivity index (χ1n) is 9.27. The number of carbonyl (C=O) groups is 1. The number of ether oxygens (including phenoxy) is 1. The molecule has 10 heteroatoms. The normalized spacial score (nSPS) is 16.6. The Balaban J connectivity index is 1.90. The largest absolute Gasteiger partial charge is 0.468 e. The molecule has 30 heavy (non-hydrogen) atoms. The van der Waals surface area contributed by atoms with Crippen molar-refractivity contribution >= 4 is 26.0 Å². The van der Waals surface area contributed by atoms with Crippen molar-refractivity contribution in [1.82, 2.24) is 9.44 Å². The smallest absolute Gasteiger partial charge is 0.325 e. The lowest BCUT2D eigenvalue weighted by atomic mass is 10.1. The van der Waals surface area contributed by atoms with Crippen LogP contribution in [0.4, 0.5) is 0 Å². The summed E-state index contributed by atoms with van der Waals surface area (Å²) in [4.78, 5) is 12.4. The summed E-state index contributed by atoms with van der Waals surface area (Å²) < 4.78 is 61.0. The van der Waals surface area contributed by atoms with Gasteiger partial charge in [0.15, 0.2) is 0 Å². The van der Waals surface area contributed by atoms with E-state index in [0.29, 0.717) is 0 Å². The third-order valence-electron chi connectivity index (χ3n) is 5.05. The van der Waals surface area contributed by atoms with E-state index in [-0.39, 0.29) is 22.6 Å². The van der Waals surface area contributed by atoms with Crippen LogP contribution >= 0.6 is 0 Å². The molecule has 1 aliphatic rings. The van der Waals surface area contributed by atoms with Gasteiger partial charge in [0.05, 0.1) is 22.4 Å². The molecule has 2 aromatic rings. The van der Waals surface area contributed by atoms with E-state index in [2.05, 4.69) is 9.44 Å². The molecular weight excluding hydrogens is 428 g/mol. The van der Waals surface area contributed by atoms with Crippen LogP contribution in [0.5, 0.6) is 0 Å². The zero-order valence-electron chi connectivity index (χ0n) is 16.9. The Kier molecular flexibility index (Phi) is 6.06. The minimum Gasteiger partial charge on any atom is -0.468 e. The molecular formula is C20H24N2O6S2. The zero-order valence-corrected chi connectivity index (χ0v) is 18.5. The summed E-state index contributed by atoms with van der Waals surface area (Å²) in [6.07, 6.45) is 0.572. The molecule has 1 aliphatic carbocycles. The van der Waals surface area contributed by atoms with Crippen LogP contribution in [-0.4, -0.2) is 41.5 Å². The first kappa shape index (κ1) is 22.4. The number of nitrogens with one attached hydrogen (secondary N) is 2. The molecule has 3 rings (SSSR count). The molecule has 0 spiro atoms. The predicted molar refractivity (Wildman–Crippen MR) is 111 cm³/mol. The molecule has 1 saturated carbocycles. The van der Waals surface area contributed by atoms with E-state index >= 15 is 0 Å². The molecule has 1 atom stereocenters. The summed E-state index contributed by atoms with van der Waals surface area (Å²) in [7, 11) is -6.94. The topological polar surface area (TPSA) is 119 Å². The predicted octanol–water partition coefficient (Wildman–Crippen LogP) is 1.63. The van der Waals surface area contributed by atoms with Crippen molar-refractivity contribution in [3.8, 4) is 0 Å². The lowest BCUT2D eigenvalue weighted by Crippen LogP contribution is -2.57. The van der Waals surface area contributed by atoms with Gasteiger partial charge in [-0.2, -0.15) is 4.72 Å². The number of hydrogen-bond donors (Lipinski definition) is 2. The highest BCUT2D eigenvalue weighted by Gasteiger charge is 2.57. The Morgan fingerprint density at radius 1 is 0.867 bits per heavy atom. The molecule has 0 bridgehead atoms. The molecule has 0 aliphatic heterocycles. The number of hydrogen-bond acceptors (Lipinski definition) is 6. The molecule has 8 nitrogen and oxygen atoms in total. The van der Waals surface area contributed by atoms with E-state index in [0.717, 1.165) is 18.2 Å². The Hall–Kier alpha value is -2.27. The second kappa shape index (κ2) is 8.10. The minimum atomic E-state index is -4.09. The summed E-state index contributed by atoms with van der Waals surface area (Å²) in [5.74, 6) is -0.866. The standard InChI is InChI=1S/C20H24N2O6S2/c1-14-4-8-16(9-5-14)29(24,25)21-18(19(23)28-3)20(12-13-20)22-30(26,27)17-10-6-15(2)7-11-17/h4-11,18,21-22H,12-13H2,1-3H3. The van der Waals surface area contributed by atoms with Gasteiger partial charge in [-0.05, 0) is 51.0 Å². The fourth-order valence-electron chi connectivity index (χ4n) is 3.07. The Morgan fingerprint density at radius 3 is 1.70 bits per heavy atom. The Labute approximate surface area is 176 Å². The number of sulfonamides is 2. The van der Waals surface area contributed by atoms with Crippen LogP contribution < -0.4 is 9.44 Å². The highest BCUT2D eigenvalue weighted by atomic mass is 32.2. The van der Waals surface area contributed by atoms with Crippen LogP contribution in [0.15, 0.2) is 58.3 Å². The van der Waals surface area contributed by atoms with E-state index in [9.17, 15) is 21.6 Å². The van der Waals surface area contributed by atoms with Crippen LogP contribution in [0.1, 0.15) is 24.0 Å². The monoisotopic (exact) mass is 452 g/mol. The minimum absolute atomic E-state index is 0.0285. The number of benzene rings is 2. The highest BCUT2D eigenvalue weighted by Crippen LogP contribution is 2.41. The summed E-state index contributed by atoms with van der Waals surface area (Å²) in [5, 5.41) is 0. The van der Waals surface area contributed by atoms with E-state index in [1.165, 1.54) is 24.3 Å². The van der Waals surface area contributed by atoms with Crippen LogP contribution in [0.3, 0.4) is 0 Å². The maximum atomic E-state index is 12.8. The fraction of sp³-hybridized carbons (Fsp3) is 0.350. The third kappa shape index (κ3) is 4.72. The first-order chi connectivity index (χ1) is 14.0. The van der Waals surface area contributed by atoms with Crippen molar-refractivity contribution < 1.29 is 26.4 Å². The van der Waals surface area contributed by atoms with Crippen LogP contribution in [0.2, 0.25) is 0 Å². The van der Waals surface area contributed by atoms with Crippen molar-refractivity contribution in [2.75, 3.05) is 7.11 Å². The third-order valence-corrected chi connectivity index (χ3v) is 8.06. The zero-order chi connectivity index (χ0) is 22.2. The number of esters is 1. The van der Waals surface area contributed by atoms with Gasteiger partial charge in [0.1, 0.15) is 6.04 Å². The summed E-state index contributed by atoms with van der Waals surface area (Å²) >= 11 is 0. The van der Waals surface area contributed by atoms with Crippen molar-refractivity contribution in [2.45, 2.75) is 48.1 Å². The van der Waals surface area contributed by atoms with E-state index in [1.807, 2.05) is 13.8 Å². The second-order valence-electron chi connectivity index (χ2n) is 7.47. The number of aryl methyl sites for hydroxylation is 2. The van der Waals surface area contributed by atoms with E-state index in [4.69, 9.17) is 4.74 Å². The summed E-state index contributed by atoms with van der Waals surface area (Å²) in [5.41, 5.74) is 0.477. The van der Waals surface area contributed by atoms with Crippen molar-refractivity contribution in [1.29, 1.82) is 0 Å². The van der Waals surface area contributed by atoms with Crippen molar-refractivity contribution in [3.63, 3.8) is 0 Å². The average Bonchev–Trinajstić information content (AvgIpc) is 3.46. The molecule has 162 valence electrons. The maximum Gasteiger partial charge on any atom is 0.325 e. The Morgan fingerprint density at radius 2 is 1.30 bits per heavy atom. The number of rotatable bonds is 8. The molecule has 0 saturated heterocycles. The Bertz CT molecular complexity index is 1140. The molecule has 0 aromatic heterocycles.